The summed E-state index contributed by atoms with van der Waals surface area (Å²) < 4.78 is 13.0. The van der Waals surface area contributed by atoms with Gasteiger partial charge >= 0.3 is 0 Å². The minimum Gasteiger partial charge on any atom is -0.358 e. The number of hydrogen-bond donors (Lipinski definition) is 1. The lowest BCUT2D eigenvalue weighted by molar-refractivity contribution is 0.629. The number of nitrogens with one attached hydrogen (secondary N) is 1. The van der Waals surface area contributed by atoms with Gasteiger partial charge in [0, 0.05) is 22.2 Å². The lowest BCUT2D eigenvalue weighted by atomic mass is 10.1. The van der Waals surface area contributed by atoms with E-state index in [4.69, 9.17) is 0 Å². The summed E-state index contributed by atoms with van der Waals surface area (Å²) in [7, 11) is 0. The first kappa shape index (κ1) is 8.65. The van der Waals surface area contributed by atoms with Gasteiger partial charge in [-0.2, -0.15) is 0 Å². The molecule has 2 nitrogen and oxygen atoms in total. The monoisotopic (exact) mass is 203 g/mol. The normalized spacial score (nSPS) is 14.5. The lowest BCUT2D eigenvalue weighted by Gasteiger charge is -2.03. The number of aryl methyl sites for hydroxylation is 1. The highest BCUT2D eigenvalue weighted by atomic mass is 19.1. The molecule has 1 N–H and O–H groups in total. The summed E-state index contributed by atoms with van der Waals surface area (Å²) in [5.74, 6) is -0.356. The van der Waals surface area contributed by atoms with E-state index in [2.05, 4.69) is 4.98 Å². The third kappa shape index (κ3) is 1.19. The zero-order valence-corrected chi connectivity index (χ0v) is 8.14. The van der Waals surface area contributed by atoms with Gasteiger partial charge in [0.1, 0.15) is 5.82 Å². The SMILES string of the molecule is O=c1c2c([nH]c3ccc(F)cc13)CCC2. The van der Waals surface area contributed by atoms with E-state index in [0.29, 0.717) is 5.39 Å². The molecule has 76 valence electrons. The summed E-state index contributed by atoms with van der Waals surface area (Å²) in [5, 5.41) is 0.468. The molecule has 0 radical (unpaired) electrons. The van der Waals surface area contributed by atoms with E-state index in [9.17, 15) is 9.18 Å². The molecule has 0 saturated heterocycles. The molecule has 0 aliphatic heterocycles. The van der Waals surface area contributed by atoms with E-state index in [0.717, 1.165) is 36.0 Å². The molecular weight excluding hydrogens is 193 g/mol. The molecule has 0 spiro atoms. The van der Waals surface area contributed by atoms with Crippen LogP contribution in [0.3, 0.4) is 0 Å². The van der Waals surface area contributed by atoms with Crippen LogP contribution in [0, 0.1) is 5.82 Å². The third-order valence-electron chi connectivity index (χ3n) is 3.00. The number of benzene rings is 1. The van der Waals surface area contributed by atoms with Crippen molar-refractivity contribution in [1.82, 2.24) is 4.98 Å². The Morgan fingerprint density at radius 2 is 2.13 bits per heavy atom. The number of hydrogen-bond acceptors (Lipinski definition) is 1. The van der Waals surface area contributed by atoms with Gasteiger partial charge in [-0.15, -0.1) is 0 Å². The molecule has 0 unspecified atom stereocenters. The Labute approximate surface area is 85.7 Å². The lowest BCUT2D eigenvalue weighted by Crippen LogP contribution is -2.10. The smallest absolute Gasteiger partial charge is 0.192 e. The average molecular weight is 203 g/mol. The van der Waals surface area contributed by atoms with Crippen LogP contribution in [0.15, 0.2) is 23.0 Å². The standard InChI is InChI=1S/C12H10FNO/c13-7-4-5-11-9(6-7)12(15)8-2-1-3-10(8)14-11/h4-6H,1-3H2,(H,14,15). The number of fused-ring (bicyclic) bond motifs is 2. The Kier molecular flexibility index (Phi) is 1.69. The van der Waals surface area contributed by atoms with E-state index in [1.807, 2.05) is 0 Å². The summed E-state index contributed by atoms with van der Waals surface area (Å²) in [6.07, 6.45) is 2.76. The topological polar surface area (TPSA) is 32.9 Å². The molecule has 3 rings (SSSR count). The van der Waals surface area contributed by atoms with Crippen LogP contribution in [0.4, 0.5) is 4.39 Å². The first-order chi connectivity index (χ1) is 7.25. The van der Waals surface area contributed by atoms with Gasteiger partial charge in [0.05, 0.1) is 0 Å². The molecule has 0 atom stereocenters. The van der Waals surface area contributed by atoms with Crippen molar-refractivity contribution in [2.75, 3.05) is 0 Å². The van der Waals surface area contributed by atoms with Crippen LogP contribution in [0.25, 0.3) is 10.9 Å². The summed E-state index contributed by atoms with van der Waals surface area (Å²) >= 11 is 0. The van der Waals surface area contributed by atoms with Crippen LogP contribution in [-0.2, 0) is 12.8 Å². The Hall–Kier alpha value is -1.64. The predicted molar refractivity (Wildman–Crippen MR) is 56.6 cm³/mol. The van der Waals surface area contributed by atoms with Crippen molar-refractivity contribution in [1.29, 1.82) is 0 Å². The third-order valence-corrected chi connectivity index (χ3v) is 3.00. The van der Waals surface area contributed by atoms with Crippen molar-refractivity contribution >= 4 is 10.9 Å². The molecule has 3 heteroatoms. The van der Waals surface area contributed by atoms with Gasteiger partial charge in [0.25, 0.3) is 0 Å². The van der Waals surface area contributed by atoms with Crippen LogP contribution in [0.5, 0.6) is 0 Å². The van der Waals surface area contributed by atoms with Crippen LogP contribution >= 0.6 is 0 Å². The quantitative estimate of drug-likeness (QED) is 0.699. The van der Waals surface area contributed by atoms with Gasteiger partial charge in [-0.3, -0.25) is 4.79 Å². The molecular formula is C12H10FNO. The highest BCUT2D eigenvalue weighted by Gasteiger charge is 2.16. The van der Waals surface area contributed by atoms with Crippen LogP contribution < -0.4 is 5.43 Å². The van der Waals surface area contributed by atoms with Crippen molar-refractivity contribution in [2.45, 2.75) is 19.3 Å². The summed E-state index contributed by atoms with van der Waals surface area (Å²) in [4.78, 5) is 15.2. The second-order valence-corrected chi connectivity index (χ2v) is 3.95. The molecule has 0 saturated carbocycles. The number of rotatable bonds is 0. The Morgan fingerprint density at radius 3 is 3.00 bits per heavy atom. The largest absolute Gasteiger partial charge is 0.358 e. The van der Waals surface area contributed by atoms with Gasteiger partial charge in [-0.05, 0) is 37.5 Å². The molecule has 1 aromatic heterocycles. The zero-order valence-electron chi connectivity index (χ0n) is 8.14. The van der Waals surface area contributed by atoms with Gasteiger partial charge < -0.3 is 4.98 Å². The van der Waals surface area contributed by atoms with E-state index in [1.54, 1.807) is 6.07 Å². The molecule has 1 aliphatic rings. The Bertz CT molecular complexity index is 600. The van der Waals surface area contributed by atoms with Crippen molar-refractivity contribution < 1.29 is 4.39 Å². The second kappa shape index (κ2) is 2.92. The fourth-order valence-corrected chi connectivity index (χ4v) is 2.27. The predicted octanol–water partition coefficient (Wildman–Crippen LogP) is 2.16. The number of pyridine rings is 1. The molecule has 15 heavy (non-hydrogen) atoms. The van der Waals surface area contributed by atoms with Crippen LogP contribution in [-0.4, -0.2) is 4.98 Å². The van der Waals surface area contributed by atoms with Crippen LogP contribution in [0.1, 0.15) is 17.7 Å². The van der Waals surface area contributed by atoms with E-state index in [-0.39, 0.29) is 11.2 Å². The molecule has 2 aromatic rings. The number of aromatic nitrogens is 1. The highest BCUT2D eigenvalue weighted by Crippen LogP contribution is 2.20. The minimum atomic E-state index is -0.356. The van der Waals surface area contributed by atoms with Crippen molar-refractivity contribution in [3.63, 3.8) is 0 Å². The van der Waals surface area contributed by atoms with Gasteiger partial charge in [-0.25, -0.2) is 4.39 Å². The molecule has 1 aliphatic carbocycles. The van der Waals surface area contributed by atoms with E-state index in [1.165, 1.54) is 12.1 Å². The fraction of sp³-hybridized carbons (Fsp3) is 0.250. The molecule has 1 aromatic carbocycles. The first-order valence-corrected chi connectivity index (χ1v) is 5.09. The Balaban J connectivity index is 2.47. The van der Waals surface area contributed by atoms with E-state index < -0.39 is 0 Å². The second-order valence-electron chi connectivity index (χ2n) is 3.95. The number of aromatic amines is 1. The minimum absolute atomic E-state index is 0.00394. The van der Waals surface area contributed by atoms with Crippen molar-refractivity contribution in [3.05, 3.63) is 45.5 Å². The maximum Gasteiger partial charge on any atom is 0.192 e. The highest BCUT2D eigenvalue weighted by molar-refractivity contribution is 5.79. The van der Waals surface area contributed by atoms with Gasteiger partial charge in [-0.1, -0.05) is 0 Å². The van der Waals surface area contributed by atoms with Gasteiger partial charge in [0.2, 0.25) is 0 Å². The van der Waals surface area contributed by atoms with E-state index >= 15 is 0 Å². The summed E-state index contributed by atoms with van der Waals surface area (Å²) in [6, 6.07) is 4.32. The maximum atomic E-state index is 13.0. The molecule has 1 heterocycles. The molecule has 0 fully saturated rings. The molecule has 0 bridgehead atoms. The maximum absolute atomic E-state index is 13.0. The summed E-state index contributed by atoms with van der Waals surface area (Å²) in [6.45, 7) is 0. The van der Waals surface area contributed by atoms with Crippen molar-refractivity contribution in [2.24, 2.45) is 0 Å². The summed E-state index contributed by atoms with van der Waals surface area (Å²) in [5.41, 5.74) is 2.60. The average Bonchev–Trinajstić information content (AvgIpc) is 2.68. The zero-order chi connectivity index (χ0) is 10.4. The van der Waals surface area contributed by atoms with Crippen LogP contribution in [0.2, 0.25) is 0 Å². The first-order valence-electron chi connectivity index (χ1n) is 5.09. The number of H-pyrrole nitrogens is 1. The molecule has 0 amide bonds. The number of halogens is 1. The fourth-order valence-electron chi connectivity index (χ4n) is 2.27. The van der Waals surface area contributed by atoms with Gasteiger partial charge in [0.15, 0.2) is 5.43 Å². The Morgan fingerprint density at radius 1 is 1.27 bits per heavy atom. The van der Waals surface area contributed by atoms with Crippen molar-refractivity contribution in [3.8, 4) is 0 Å².